The summed E-state index contributed by atoms with van der Waals surface area (Å²) in [6, 6.07) is 0. The van der Waals surface area contributed by atoms with Crippen LogP contribution in [0.1, 0.15) is 90.9 Å². The number of carboxylic acid groups (broad SMARTS) is 1. The second kappa shape index (κ2) is 25.2. The van der Waals surface area contributed by atoms with Gasteiger partial charge in [-0.05, 0) is 12.8 Å². The van der Waals surface area contributed by atoms with Gasteiger partial charge >= 0.3 is 26.0 Å². The molecular formula is C26H50N3O11P. The maximum atomic E-state index is 13.1. The zero-order chi connectivity index (χ0) is 30.8. The fraction of sp³-hybridized carbons (Fsp3) is 0.846. The van der Waals surface area contributed by atoms with Crippen molar-refractivity contribution in [3.63, 3.8) is 0 Å². The van der Waals surface area contributed by atoms with Gasteiger partial charge in [0.15, 0.2) is 0 Å². The lowest BCUT2D eigenvalue weighted by Gasteiger charge is -2.19. The van der Waals surface area contributed by atoms with Gasteiger partial charge in [0.25, 0.3) is 0 Å². The summed E-state index contributed by atoms with van der Waals surface area (Å²) in [6.07, 6.45) is 10.7. The van der Waals surface area contributed by atoms with Gasteiger partial charge in [-0.25, -0.2) is 14.2 Å². The SMILES string of the molecule is CCCCCCCCOC(=O)OCCOP(=O)(/N=C(\N)N(C)CC(=O)O)OCCOC(=O)OCCCCCCCC. The first-order chi connectivity index (χ1) is 19.6. The Labute approximate surface area is 243 Å². The van der Waals surface area contributed by atoms with Crippen molar-refractivity contribution in [2.24, 2.45) is 10.5 Å². The van der Waals surface area contributed by atoms with Gasteiger partial charge in [0.05, 0.1) is 26.4 Å². The summed E-state index contributed by atoms with van der Waals surface area (Å²) in [4.78, 5) is 35.4. The average molecular weight is 612 g/mol. The number of rotatable bonds is 25. The van der Waals surface area contributed by atoms with E-state index < -0.39 is 38.5 Å². The summed E-state index contributed by atoms with van der Waals surface area (Å²) in [5.74, 6) is -1.61. The van der Waals surface area contributed by atoms with Crippen molar-refractivity contribution in [2.45, 2.75) is 90.9 Å². The van der Waals surface area contributed by atoms with Gasteiger partial charge in [-0.3, -0.25) is 13.8 Å². The third kappa shape index (κ3) is 23.8. The van der Waals surface area contributed by atoms with Crippen molar-refractivity contribution in [3.05, 3.63) is 0 Å². The predicted molar refractivity (Wildman–Crippen MR) is 153 cm³/mol. The van der Waals surface area contributed by atoms with Gasteiger partial charge in [0.1, 0.15) is 19.8 Å². The Kier molecular flexibility index (Phi) is 23.6. The topological polar surface area (TPSA) is 186 Å². The van der Waals surface area contributed by atoms with Crippen LogP contribution in [0.25, 0.3) is 0 Å². The molecule has 0 radical (unpaired) electrons. The van der Waals surface area contributed by atoms with Crippen LogP contribution in [0.2, 0.25) is 0 Å². The summed E-state index contributed by atoms with van der Waals surface area (Å²) < 4.78 is 47.0. The quantitative estimate of drug-likeness (QED) is 0.0434. The number of carbonyl (C=O) groups excluding carboxylic acids is 2. The highest BCUT2D eigenvalue weighted by Gasteiger charge is 2.27. The number of carbonyl (C=O) groups is 3. The second-order valence-electron chi connectivity index (χ2n) is 9.27. The molecular weight excluding hydrogens is 561 g/mol. The number of hydrogen-bond donors (Lipinski definition) is 2. The van der Waals surface area contributed by atoms with E-state index in [0.717, 1.165) is 69.1 Å². The molecule has 0 fully saturated rings. The van der Waals surface area contributed by atoms with E-state index in [9.17, 15) is 18.9 Å². The molecule has 15 heteroatoms. The lowest BCUT2D eigenvalue weighted by atomic mass is 10.1. The minimum Gasteiger partial charge on any atom is -0.480 e. The molecule has 0 spiro atoms. The molecule has 0 rings (SSSR count). The number of carboxylic acids is 1. The molecule has 0 saturated carbocycles. The van der Waals surface area contributed by atoms with E-state index in [4.69, 9.17) is 38.8 Å². The van der Waals surface area contributed by atoms with Gasteiger partial charge in [-0.15, -0.1) is 4.76 Å². The van der Waals surface area contributed by atoms with Crippen LogP contribution < -0.4 is 5.73 Å². The fourth-order valence-corrected chi connectivity index (χ4v) is 4.50. The van der Waals surface area contributed by atoms with E-state index in [0.29, 0.717) is 0 Å². The third-order valence-electron chi connectivity index (χ3n) is 5.54. The van der Waals surface area contributed by atoms with Crippen LogP contribution >= 0.6 is 7.75 Å². The Bertz CT molecular complexity index is 757. The number of ether oxygens (including phenoxy) is 4. The molecule has 0 aromatic heterocycles. The first kappa shape index (κ1) is 38.4. The first-order valence-electron chi connectivity index (χ1n) is 14.4. The highest BCUT2D eigenvalue weighted by Crippen LogP contribution is 2.49. The van der Waals surface area contributed by atoms with Crippen molar-refractivity contribution in [3.8, 4) is 0 Å². The molecule has 0 saturated heterocycles. The Morgan fingerprint density at radius 2 is 1.07 bits per heavy atom. The minimum absolute atomic E-state index is 0.228. The number of guanidine groups is 1. The van der Waals surface area contributed by atoms with E-state index in [-0.39, 0.29) is 39.6 Å². The molecule has 0 heterocycles. The maximum Gasteiger partial charge on any atom is 0.508 e. The summed E-state index contributed by atoms with van der Waals surface area (Å²) in [7, 11) is -2.99. The molecule has 0 amide bonds. The number of unbranched alkanes of at least 4 members (excludes halogenated alkanes) is 10. The molecule has 0 aliphatic rings. The Morgan fingerprint density at radius 3 is 1.49 bits per heavy atom. The average Bonchev–Trinajstić information content (AvgIpc) is 2.92. The molecule has 0 atom stereocenters. The van der Waals surface area contributed by atoms with Crippen LogP contribution in [-0.2, 0) is 37.4 Å². The number of aliphatic carboxylic acids is 1. The summed E-state index contributed by atoms with van der Waals surface area (Å²) in [5.41, 5.74) is 5.74. The standard InChI is InChI=1S/C26H50N3O11P/c1-4-6-8-10-12-14-16-35-25(32)37-18-20-39-41(34,28-24(27)29(3)22-23(30)31)40-21-19-38-26(33)36-17-15-13-11-9-7-5-2/h4-22H2,1-3H3,(H,30,31)(H2,27,28,34). The van der Waals surface area contributed by atoms with Crippen LogP contribution in [0.5, 0.6) is 0 Å². The van der Waals surface area contributed by atoms with Gasteiger partial charge in [-0.2, -0.15) is 0 Å². The Morgan fingerprint density at radius 1 is 0.683 bits per heavy atom. The highest BCUT2D eigenvalue weighted by atomic mass is 31.2. The lowest BCUT2D eigenvalue weighted by molar-refractivity contribution is -0.137. The molecule has 0 unspecified atom stereocenters. The second-order valence-corrected chi connectivity index (χ2v) is 10.9. The Hall–Kier alpha value is -2.57. The van der Waals surface area contributed by atoms with E-state index in [1.165, 1.54) is 19.9 Å². The molecule has 0 aliphatic carbocycles. The van der Waals surface area contributed by atoms with Crippen LogP contribution in [0, 0.1) is 0 Å². The van der Waals surface area contributed by atoms with Crippen molar-refractivity contribution in [2.75, 3.05) is 53.2 Å². The number of nitrogens with zero attached hydrogens (tertiary/aromatic N) is 2. The Balaban J connectivity index is 4.56. The monoisotopic (exact) mass is 611 g/mol. The first-order valence-corrected chi connectivity index (χ1v) is 15.9. The van der Waals surface area contributed by atoms with E-state index in [1.54, 1.807) is 0 Å². The number of nitrogens with two attached hydrogens (primary N) is 1. The predicted octanol–water partition coefficient (Wildman–Crippen LogP) is 5.49. The van der Waals surface area contributed by atoms with Crippen molar-refractivity contribution < 1.29 is 52.1 Å². The largest absolute Gasteiger partial charge is 0.508 e. The third-order valence-corrected chi connectivity index (χ3v) is 7.01. The molecule has 14 nitrogen and oxygen atoms in total. The molecule has 3 N–H and O–H groups in total. The number of likely N-dealkylation sites (N-methyl/N-ethyl adjacent to an activating group) is 1. The lowest BCUT2D eigenvalue weighted by Crippen LogP contribution is -2.37. The zero-order valence-corrected chi connectivity index (χ0v) is 25.8. The summed E-state index contributed by atoms with van der Waals surface area (Å²) in [6.45, 7) is 2.81. The van der Waals surface area contributed by atoms with Crippen LogP contribution in [0.3, 0.4) is 0 Å². The molecule has 0 aromatic carbocycles. The zero-order valence-electron chi connectivity index (χ0n) is 24.9. The van der Waals surface area contributed by atoms with E-state index in [2.05, 4.69) is 18.6 Å². The minimum atomic E-state index is -4.31. The van der Waals surface area contributed by atoms with Gasteiger partial charge < -0.3 is 34.7 Å². The van der Waals surface area contributed by atoms with Gasteiger partial charge in [0, 0.05) is 7.05 Å². The normalized spacial score (nSPS) is 11.6. The molecule has 240 valence electrons. The summed E-state index contributed by atoms with van der Waals surface area (Å²) in [5, 5.41) is 8.93. The molecule has 0 bridgehead atoms. The molecule has 0 aliphatic heterocycles. The maximum absolute atomic E-state index is 13.1. The van der Waals surface area contributed by atoms with E-state index >= 15 is 0 Å². The van der Waals surface area contributed by atoms with Crippen LogP contribution in [-0.4, -0.2) is 87.5 Å². The van der Waals surface area contributed by atoms with Crippen LogP contribution in [0.15, 0.2) is 4.76 Å². The highest BCUT2D eigenvalue weighted by molar-refractivity contribution is 7.52. The van der Waals surface area contributed by atoms with E-state index in [1.807, 2.05) is 0 Å². The summed E-state index contributed by atoms with van der Waals surface area (Å²) >= 11 is 0. The van der Waals surface area contributed by atoms with Gasteiger partial charge in [0.2, 0.25) is 5.96 Å². The van der Waals surface area contributed by atoms with Gasteiger partial charge in [-0.1, -0.05) is 78.1 Å². The van der Waals surface area contributed by atoms with Crippen LogP contribution in [0.4, 0.5) is 9.59 Å². The van der Waals surface area contributed by atoms with Crippen molar-refractivity contribution >= 4 is 32.0 Å². The molecule has 41 heavy (non-hydrogen) atoms. The smallest absolute Gasteiger partial charge is 0.480 e. The van der Waals surface area contributed by atoms with Crippen molar-refractivity contribution in [1.82, 2.24) is 4.90 Å². The molecule has 0 aromatic rings. The fourth-order valence-electron chi connectivity index (χ4n) is 3.30. The number of hydrogen-bond acceptors (Lipinski definition) is 10. The van der Waals surface area contributed by atoms with Crippen molar-refractivity contribution in [1.29, 1.82) is 0 Å².